The number of benzene rings is 6. The van der Waals surface area contributed by atoms with Gasteiger partial charge >= 0.3 is 0 Å². The summed E-state index contributed by atoms with van der Waals surface area (Å²) in [6.45, 7) is 0. The van der Waals surface area contributed by atoms with Gasteiger partial charge in [0.15, 0.2) is 0 Å². The van der Waals surface area contributed by atoms with Gasteiger partial charge in [0.25, 0.3) is 0 Å². The fraction of sp³-hybridized carbons (Fsp3) is 0. The van der Waals surface area contributed by atoms with Crippen molar-refractivity contribution < 1.29 is 0 Å². The van der Waals surface area contributed by atoms with E-state index in [4.69, 9.17) is 0 Å². The Morgan fingerprint density at radius 1 is 0.429 bits per heavy atom. The molecule has 0 radical (unpaired) electrons. The van der Waals surface area contributed by atoms with Crippen LogP contribution < -0.4 is 0 Å². The first kappa shape index (κ1) is 24.5. The van der Waals surface area contributed by atoms with Crippen molar-refractivity contribution in [3.8, 4) is 45.5 Å². The number of nitrogens with zero attached hydrogens (tertiary/aromatic N) is 2. The average Bonchev–Trinajstić information content (AvgIpc) is 3.62. The Balaban J connectivity index is 1.39. The number of fused-ring (bicyclic) bond motifs is 6. The molecule has 0 spiro atoms. The average molecular weight is 569 g/mol. The molecule has 0 fully saturated rings. The molecule has 0 bridgehead atoms. The molecule has 2 aromatic heterocycles. The highest BCUT2D eigenvalue weighted by Crippen LogP contribution is 2.45. The zero-order valence-corrected chi connectivity index (χ0v) is 23.9. The summed E-state index contributed by atoms with van der Waals surface area (Å²) in [5, 5.41) is 24.3. The highest BCUT2D eigenvalue weighted by molar-refractivity contribution is 7.26. The van der Waals surface area contributed by atoms with Gasteiger partial charge in [-0.25, -0.2) is 0 Å². The number of hydrogen-bond acceptors (Lipinski definition) is 4. The first-order chi connectivity index (χ1) is 20.7. The van der Waals surface area contributed by atoms with E-state index in [1.165, 1.54) is 35.1 Å². The maximum absolute atomic E-state index is 10.1. The van der Waals surface area contributed by atoms with Crippen LogP contribution in [0.5, 0.6) is 0 Å². The molecular weight excluding hydrogens is 549 g/mol. The van der Waals surface area contributed by atoms with E-state index >= 15 is 0 Å². The van der Waals surface area contributed by atoms with Crippen LogP contribution in [0, 0.1) is 22.7 Å². The second-order valence-corrected chi connectivity index (χ2v) is 12.5. The molecule has 8 aromatic rings. The first-order valence-electron chi connectivity index (χ1n) is 13.6. The van der Waals surface area contributed by atoms with Gasteiger partial charge in [-0.05, 0) is 82.4 Å². The van der Waals surface area contributed by atoms with Gasteiger partial charge in [-0.2, -0.15) is 10.5 Å². The molecule has 2 nitrogen and oxygen atoms in total. The topological polar surface area (TPSA) is 47.6 Å². The summed E-state index contributed by atoms with van der Waals surface area (Å²) in [4.78, 5) is 0. The molecule has 0 aliphatic carbocycles. The van der Waals surface area contributed by atoms with E-state index in [0.717, 1.165) is 38.6 Å². The lowest BCUT2D eigenvalue weighted by atomic mass is 9.87. The van der Waals surface area contributed by atoms with E-state index in [1.54, 1.807) is 11.3 Å². The van der Waals surface area contributed by atoms with Gasteiger partial charge in [0, 0.05) is 45.9 Å². The molecular formula is C38H20N2S2. The van der Waals surface area contributed by atoms with Crippen molar-refractivity contribution in [2.24, 2.45) is 0 Å². The molecule has 42 heavy (non-hydrogen) atoms. The summed E-state index contributed by atoms with van der Waals surface area (Å²) in [6, 6.07) is 46.8. The Bertz CT molecular complexity index is 2450. The maximum atomic E-state index is 10.1. The lowest BCUT2D eigenvalue weighted by Crippen LogP contribution is -1.91. The second kappa shape index (κ2) is 9.68. The third-order valence-electron chi connectivity index (χ3n) is 7.98. The summed E-state index contributed by atoms with van der Waals surface area (Å²) in [6.07, 6.45) is 0. The minimum absolute atomic E-state index is 0.654. The van der Waals surface area contributed by atoms with Crippen molar-refractivity contribution in [3.63, 3.8) is 0 Å². The zero-order chi connectivity index (χ0) is 28.2. The van der Waals surface area contributed by atoms with Crippen LogP contribution in [0.4, 0.5) is 0 Å². The van der Waals surface area contributed by atoms with Crippen LogP contribution in [0.15, 0.2) is 121 Å². The number of hydrogen-bond donors (Lipinski definition) is 0. The van der Waals surface area contributed by atoms with E-state index in [1.807, 2.05) is 53.8 Å². The van der Waals surface area contributed by atoms with Crippen LogP contribution in [0.2, 0.25) is 0 Å². The minimum atomic E-state index is 0.654. The quantitative estimate of drug-likeness (QED) is 0.213. The first-order valence-corrected chi connectivity index (χ1v) is 15.3. The van der Waals surface area contributed by atoms with Gasteiger partial charge in [0.1, 0.15) is 0 Å². The summed E-state index contributed by atoms with van der Waals surface area (Å²) >= 11 is 3.56. The van der Waals surface area contributed by atoms with Crippen LogP contribution in [0.25, 0.3) is 73.7 Å². The monoisotopic (exact) mass is 568 g/mol. The van der Waals surface area contributed by atoms with E-state index in [2.05, 4.69) is 91.0 Å². The molecule has 4 heteroatoms. The van der Waals surface area contributed by atoms with Gasteiger partial charge in [-0.1, -0.05) is 66.7 Å². The van der Waals surface area contributed by atoms with E-state index in [9.17, 15) is 10.5 Å². The predicted molar refractivity (Wildman–Crippen MR) is 178 cm³/mol. The van der Waals surface area contributed by atoms with Crippen molar-refractivity contribution in [3.05, 3.63) is 132 Å². The van der Waals surface area contributed by atoms with Gasteiger partial charge in [0.2, 0.25) is 0 Å². The van der Waals surface area contributed by atoms with E-state index in [0.29, 0.717) is 11.1 Å². The summed E-state index contributed by atoms with van der Waals surface area (Å²) < 4.78 is 4.90. The van der Waals surface area contributed by atoms with Gasteiger partial charge < -0.3 is 0 Å². The highest BCUT2D eigenvalue weighted by Gasteiger charge is 2.17. The molecule has 0 atom stereocenters. The molecule has 2 heterocycles. The van der Waals surface area contributed by atoms with Crippen molar-refractivity contribution in [1.82, 2.24) is 0 Å². The molecule has 0 N–H and O–H groups in total. The summed E-state index contributed by atoms with van der Waals surface area (Å²) in [5.41, 5.74) is 7.75. The van der Waals surface area contributed by atoms with Gasteiger partial charge in [0.05, 0.1) is 23.3 Å². The third-order valence-corrected chi connectivity index (χ3v) is 10.3. The molecule has 0 amide bonds. The van der Waals surface area contributed by atoms with Crippen molar-refractivity contribution in [1.29, 1.82) is 10.5 Å². The fourth-order valence-electron chi connectivity index (χ4n) is 6.02. The normalized spacial score (nSPS) is 11.3. The van der Waals surface area contributed by atoms with Crippen LogP contribution in [-0.2, 0) is 0 Å². The second-order valence-electron chi connectivity index (χ2n) is 10.3. The standard InChI is InChI=1S/C38H20N2S2/c39-21-23-12-16-35-32(18-23)33-20-25(14-17-36(33)41-35)24-13-15-28(31(19-24)27-7-2-1-6-26(27)22-40)29-9-5-11-37-38(29)30-8-3-4-10-34(30)42-37/h1-20H. The van der Waals surface area contributed by atoms with Gasteiger partial charge in [-0.15, -0.1) is 22.7 Å². The molecule has 6 aromatic carbocycles. The number of nitriles is 2. The molecule has 8 rings (SSSR count). The molecule has 0 saturated heterocycles. The van der Waals surface area contributed by atoms with Crippen molar-refractivity contribution >= 4 is 63.0 Å². The Morgan fingerprint density at radius 3 is 1.98 bits per heavy atom. The fourth-order valence-corrected chi connectivity index (χ4v) is 8.22. The van der Waals surface area contributed by atoms with Crippen LogP contribution in [0.1, 0.15) is 11.1 Å². The predicted octanol–water partition coefficient (Wildman–Crippen LogP) is 11.2. The molecule has 0 aliphatic heterocycles. The largest absolute Gasteiger partial charge is 0.192 e. The zero-order valence-electron chi connectivity index (χ0n) is 22.3. The van der Waals surface area contributed by atoms with Crippen molar-refractivity contribution in [2.45, 2.75) is 0 Å². The molecule has 0 unspecified atom stereocenters. The Kier molecular flexibility index (Phi) is 5.66. The van der Waals surface area contributed by atoms with Crippen LogP contribution in [-0.4, -0.2) is 0 Å². The van der Waals surface area contributed by atoms with Crippen molar-refractivity contribution in [2.75, 3.05) is 0 Å². The lowest BCUT2D eigenvalue weighted by molar-refractivity contribution is 1.48. The van der Waals surface area contributed by atoms with E-state index in [-0.39, 0.29) is 0 Å². The highest BCUT2D eigenvalue weighted by atomic mass is 32.1. The molecule has 0 aliphatic rings. The summed E-state index contributed by atoms with van der Waals surface area (Å²) in [7, 11) is 0. The molecule has 0 saturated carbocycles. The van der Waals surface area contributed by atoms with E-state index < -0.39 is 0 Å². The minimum Gasteiger partial charge on any atom is -0.192 e. The smallest absolute Gasteiger partial charge is 0.0998 e. The Morgan fingerprint density at radius 2 is 1.10 bits per heavy atom. The Labute approximate surface area is 250 Å². The molecule has 194 valence electrons. The van der Waals surface area contributed by atoms with Crippen LogP contribution >= 0.6 is 22.7 Å². The van der Waals surface area contributed by atoms with Crippen LogP contribution in [0.3, 0.4) is 0 Å². The number of thiophene rings is 2. The van der Waals surface area contributed by atoms with Gasteiger partial charge in [-0.3, -0.25) is 0 Å². The lowest BCUT2D eigenvalue weighted by Gasteiger charge is -2.15. The SMILES string of the molecule is N#Cc1ccc2sc3ccc(-c4ccc(-c5cccc6sc7ccccc7c56)c(-c5ccccc5C#N)c4)cc3c2c1. The summed E-state index contributed by atoms with van der Waals surface area (Å²) in [5.74, 6) is 0. The maximum Gasteiger partial charge on any atom is 0.0998 e. The third kappa shape index (κ3) is 3.82. The Hall–Kier alpha value is -5.26. The number of rotatable bonds is 3.